The fourth-order valence-electron chi connectivity index (χ4n) is 2.32. The molecule has 1 heterocycles. The summed E-state index contributed by atoms with van der Waals surface area (Å²) in [5, 5.41) is 4.65. The second kappa shape index (κ2) is 7.70. The van der Waals surface area contributed by atoms with Crippen molar-refractivity contribution in [3.63, 3.8) is 0 Å². The zero-order valence-electron chi connectivity index (χ0n) is 12.6. The van der Waals surface area contributed by atoms with Crippen LogP contribution < -0.4 is 21.1 Å². The number of para-hydroxylation sites is 2. The topological polar surface area (TPSA) is 51.7 Å². The molecule has 0 spiro atoms. The second-order valence-corrected chi connectivity index (χ2v) is 6.22. The first kappa shape index (κ1) is 16.8. The summed E-state index contributed by atoms with van der Waals surface area (Å²) >= 11 is 17.8. The highest BCUT2D eigenvalue weighted by molar-refractivity contribution is 7.80. The van der Waals surface area contributed by atoms with Crippen LogP contribution >= 0.6 is 35.4 Å². The van der Waals surface area contributed by atoms with Gasteiger partial charge in [-0.25, -0.2) is 4.99 Å². The van der Waals surface area contributed by atoms with Gasteiger partial charge in [-0.2, -0.15) is 0 Å². The van der Waals surface area contributed by atoms with Crippen LogP contribution in [0.15, 0.2) is 53.5 Å². The first-order chi connectivity index (χ1) is 11.6. The molecular weight excluding hydrogens is 365 g/mol. The Kier molecular flexibility index (Phi) is 5.40. The molecule has 3 N–H and O–H groups in total. The predicted octanol–water partition coefficient (Wildman–Crippen LogP) is 3.66. The molecule has 24 heavy (non-hydrogen) atoms. The standard InChI is InChI=1S/C16H15Cl2N5S/c17-12-7-4-8-13(18)14(12)23-10-9-19-15(23)21-22-16(24)20-11-5-2-1-3-6-11/h1-8H,9-10H2,(H,19,21)(H2,20,22,24). The van der Waals surface area contributed by atoms with Gasteiger partial charge in [0.25, 0.3) is 0 Å². The Morgan fingerprint density at radius 2 is 1.75 bits per heavy atom. The molecule has 1 aliphatic heterocycles. The van der Waals surface area contributed by atoms with E-state index >= 15 is 0 Å². The molecule has 0 saturated heterocycles. The van der Waals surface area contributed by atoms with E-state index in [2.05, 4.69) is 21.2 Å². The summed E-state index contributed by atoms with van der Waals surface area (Å²) in [6.07, 6.45) is 0. The summed E-state index contributed by atoms with van der Waals surface area (Å²) in [6.45, 7) is 1.33. The van der Waals surface area contributed by atoms with Crippen LogP contribution in [0.1, 0.15) is 0 Å². The first-order valence-corrected chi connectivity index (χ1v) is 8.45. The van der Waals surface area contributed by atoms with Crippen LogP contribution in [0.5, 0.6) is 0 Å². The number of thiocarbonyl (C=S) groups is 1. The average Bonchev–Trinajstić information content (AvgIpc) is 3.02. The minimum absolute atomic E-state index is 0.431. The summed E-state index contributed by atoms with van der Waals surface area (Å²) in [5.41, 5.74) is 7.56. The van der Waals surface area contributed by atoms with Crippen LogP contribution in [0.4, 0.5) is 11.4 Å². The van der Waals surface area contributed by atoms with Crippen molar-refractivity contribution < 1.29 is 0 Å². The number of hydrogen-bond donors (Lipinski definition) is 3. The fraction of sp³-hybridized carbons (Fsp3) is 0.125. The van der Waals surface area contributed by atoms with Crippen molar-refractivity contribution in [2.45, 2.75) is 0 Å². The molecule has 0 bridgehead atoms. The van der Waals surface area contributed by atoms with E-state index < -0.39 is 0 Å². The third-order valence-electron chi connectivity index (χ3n) is 3.37. The maximum atomic E-state index is 6.28. The number of hydrogen-bond acceptors (Lipinski definition) is 4. The number of nitrogens with one attached hydrogen (secondary N) is 3. The van der Waals surface area contributed by atoms with Gasteiger partial charge >= 0.3 is 0 Å². The van der Waals surface area contributed by atoms with Crippen LogP contribution in [-0.4, -0.2) is 24.2 Å². The maximum Gasteiger partial charge on any atom is 0.217 e. The van der Waals surface area contributed by atoms with E-state index in [0.717, 1.165) is 11.4 Å². The number of halogens is 2. The number of hydrazine groups is 1. The lowest BCUT2D eigenvalue weighted by atomic mass is 10.3. The Hall–Kier alpha value is -2.02. The largest absolute Gasteiger partial charge is 0.331 e. The minimum Gasteiger partial charge on any atom is -0.331 e. The van der Waals surface area contributed by atoms with Crippen LogP contribution in [0.25, 0.3) is 0 Å². The molecule has 1 aliphatic rings. The number of anilines is 2. The van der Waals surface area contributed by atoms with Crippen molar-refractivity contribution in [2.24, 2.45) is 4.99 Å². The zero-order chi connectivity index (χ0) is 16.9. The maximum absolute atomic E-state index is 6.28. The van der Waals surface area contributed by atoms with E-state index in [0.29, 0.717) is 34.2 Å². The molecule has 0 saturated carbocycles. The molecule has 0 unspecified atom stereocenters. The summed E-state index contributed by atoms with van der Waals surface area (Å²) in [6, 6.07) is 15.1. The highest BCUT2D eigenvalue weighted by atomic mass is 35.5. The molecule has 3 rings (SSSR count). The summed E-state index contributed by atoms with van der Waals surface area (Å²) in [5.74, 6) is 0.613. The van der Waals surface area contributed by atoms with Gasteiger partial charge in [0, 0.05) is 12.2 Å². The highest BCUT2D eigenvalue weighted by Crippen LogP contribution is 2.34. The van der Waals surface area contributed by atoms with Crippen molar-refractivity contribution >= 4 is 57.9 Å². The Balaban J connectivity index is 1.63. The number of benzene rings is 2. The minimum atomic E-state index is 0.431. The average molecular weight is 380 g/mol. The molecule has 0 atom stereocenters. The lowest BCUT2D eigenvalue weighted by Crippen LogP contribution is -2.49. The Bertz CT molecular complexity index is 746. The molecule has 0 radical (unpaired) electrons. The van der Waals surface area contributed by atoms with Gasteiger partial charge in [0.05, 0.1) is 22.3 Å². The van der Waals surface area contributed by atoms with Crippen LogP contribution in [0.2, 0.25) is 10.0 Å². The van der Waals surface area contributed by atoms with Crippen molar-refractivity contribution in [1.29, 1.82) is 0 Å². The van der Waals surface area contributed by atoms with Gasteiger partial charge in [0.15, 0.2) is 5.11 Å². The molecule has 0 fully saturated rings. The quantitative estimate of drug-likeness (QED) is 0.549. The lowest BCUT2D eigenvalue weighted by Gasteiger charge is -2.24. The smallest absolute Gasteiger partial charge is 0.217 e. The molecule has 2 aromatic rings. The summed E-state index contributed by atoms with van der Waals surface area (Å²) in [7, 11) is 0. The highest BCUT2D eigenvalue weighted by Gasteiger charge is 2.23. The van der Waals surface area contributed by atoms with Crippen LogP contribution in [0.3, 0.4) is 0 Å². The van der Waals surface area contributed by atoms with Gasteiger partial charge in [0.2, 0.25) is 5.96 Å². The van der Waals surface area contributed by atoms with Crippen molar-refractivity contribution in [3.05, 3.63) is 58.6 Å². The van der Waals surface area contributed by atoms with Crippen LogP contribution in [-0.2, 0) is 0 Å². The first-order valence-electron chi connectivity index (χ1n) is 7.29. The SMILES string of the molecule is S=C(NNC1=NCCN1c1c(Cl)cccc1Cl)Nc1ccccc1. The number of rotatable bonds is 2. The normalized spacial score (nSPS) is 13.4. The summed E-state index contributed by atoms with van der Waals surface area (Å²) in [4.78, 5) is 6.34. The monoisotopic (exact) mass is 379 g/mol. The molecule has 0 aliphatic carbocycles. The van der Waals surface area contributed by atoms with Crippen molar-refractivity contribution in [3.8, 4) is 0 Å². The van der Waals surface area contributed by atoms with E-state index in [1.807, 2.05) is 41.3 Å². The van der Waals surface area contributed by atoms with Gasteiger partial charge in [-0.15, -0.1) is 0 Å². The van der Waals surface area contributed by atoms with Gasteiger partial charge in [-0.3, -0.25) is 10.9 Å². The zero-order valence-corrected chi connectivity index (χ0v) is 14.9. The number of nitrogens with zero attached hydrogens (tertiary/aromatic N) is 2. The van der Waals surface area contributed by atoms with E-state index in [-0.39, 0.29) is 0 Å². The van der Waals surface area contributed by atoms with Gasteiger partial charge < -0.3 is 10.2 Å². The Morgan fingerprint density at radius 3 is 2.46 bits per heavy atom. The van der Waals surface area contributed by atoms with Gasteiger partial charge in [-0.05, 0) is 36.5 Å². The number of guanidine groups is 1. The Labute approximate surface area is 155 Å². The Morgan fingerprint density at radius 1 is 1.04 bits per heavy atom. The van der Waals surface area contributed by atoms with E-state index in [4.69, 9.17) is 35.4 Å². The fourth-order valence-corrected chi connectivity index (χ4v) is 3.09. The van der Waals surface area contributed by atoms with Crippen molar-refractivity contribution in [2.75, 3.05) is 23.3 Å². The molecule has 8 heteroatoms. The second-order valence-electron chi connectivity index (χ2n) is 5.00. The lowest BCUT2D eigenvalue weighted by molar-refractivity contribution is 0.857. The van der Waals surface area contributed by atoms with Crippen LogP contribution in [0, 0.1) is 0 Å². The molecule has 0 amide bonds. The van der Waals surface area contributed by atoms with Crippen molar-refractivity contribution in [1.82, 2.24) is 10.9 Å². The third-order valence-corrected chi connectivity index (χ3v) is 4.18. The molecule has 5 nitrogen and oxygen atoms in total. The molecule has 124 valence electrons. The van der Waals surface area contributed by atoms with Gasteiger partial charge in [-0.1, -0.05) is 47.5 Å². The molecule has 0 aromatic heterocycles. The molecular formula is C16H15Cl2N5S. The third kappa shape index (κ3) is 3.90. The predicted molar refractivity (Wildman–Crippen MR) is 105 cm³/mol. The van der Waals surface area contributed by atoms with Gasteiger partial charge in [0.1, 0.15) is 0 Å². The van der Waals surface area contributed by atoms with E-state index in [1.165, 1.54) is 0 Å². The molecule has 2 aromatic carbocycles. The van der Waals surface area contributed by atoms with E-state index in [9.17, 15) is 0 Å². The number of aliphatic imine (C=N–C) groups is 1. The summed E-state index contributed by atoms with van der Waals surface area (Å²) < 4.78 is 0. The van der Waals surface area contributed by atoms with E-state index in [1.54, 1.807) is 12.1 Å².